The number of nitrogens with zero attached hydrogens (tertiary/aromatic N) is 2. The van der Waals surface area contributed by atoms with Crippen LogP contribution in [0.3, 0.4) is 0 Å². The van der Waals surface area contributed by atoms with Crippen molar-refractivity contribution in [1.82, 2.24) is 4.98 Å². The van der Waals surface area contributed by atoms with Crippen molar-refractivity contribution in [2.45, 2.75) is 6.92 Å². The van der Waals surface area contributed by atoms with Crippen molar-refractivity contribution in [3.8, 4) is 0 Å². The first-order valence-electron chi connectivity index (χ1n) is 3.13. The van der Waals surface area contributed by atoms with Gasteiger partial charge in [-0.1, -0.05) is 6.20 Å². The van der Waals surface area contributed by atoms with Crippen molar-refractivity contribution in [3.05, 3.63) is 24.4 Å². The van der Waals surface area contributed by atoms with Gasteiger partial charge in [-0.15, -0.1) is 12.0 Å². The van der Waals surface area contributed by atoms with Crippen molar-refractivity contribution in [1.29, 1.82) is 5.41 Å². The first-order chi connectivity index (χ1) is 5.29. The molecule has 1 aromatic rings. The van der Waals surface area contributed by atoms with Crippen molar-refractivity contribution in [3.63, 3.8) is 0 Å². The quantitative estimate of drug-likeness (QED) is 0.611. The minimum Gasteiger partial charge on any atom is -0.451 e. The van der Waals surface area contributed by atoms with Gasteiger partial charge >= 0.3 is 31.1 Å². The summed E-state index contributed by atoms with van der Waals surface area (Å²) in [6.07, 6.45) is 4.10. The molecule has 0 saturated carbocycles. The van der Waals surface area contributed by atoms with E-state index in [9.17, 15) is 0 Å². The summed E-state index contributed by atoms with van der Waals surface area (Å²) in [7, 11) is 0. The topological polar surface area (TPSA) is 49.1 Å². The van der Waals surface area contributed by atoms with Gasteiger partial charge in [0.25, 0.3) is 0 Å². The van der Waals surface area contributed by atoms with Crippen LogP contribution in [0.25, 0.3) is 0 Å². The molecule has 0 unspecified atom stereocenters. The van der Waals surface area contributed by atoms with E-state index < -0.39 is 0 Å². The zero-order valence-electron chi connectivity index (χ0n) is 6.63. The van der Waals surface area contributed by atoms with Crippen LogP contribution in [0.15, 0.2) is 23.3 Å². The van der Waals surface area contributed by atoms with Gasteiger partial charge in [0.1, 0.15) is 0 Å². The van der Waals surface area contributed by atoms with Crippen molar-refractivity contribution in [2.75, 3.05) is 0 Å². The molecular weight excluding hydrogens is 376 g/mol. The number of rotatable bonds is 2. The summed E-state index contributed by atoms with van der Waals surface area (Å²) in [5, 5.41) is 7.00. The van der Waals surface area contributed by atoms with Crippen LogP contribution in [0.5, 0.6) is 0 Å². The predicted octanol–water partition coefficient (Wildman–Crippen LogP) is 1.50. The molecule has 58 valence electrons. The first-order valence-corrected chi connectivity index (χ1v) is 3.13. The molecule has 0 amide bonds. The van der Waals surface area contributed by atoms with Crippen LogP contribution in [0.4, 0.5) is 5.82 Å². The largest absolute Gasteiger partial charge is 2.00 e. The Morgan fingerprint density at radius 1 is 1.75 bits per heavy atom. The molecule has 12 heavy (non-hydrogen) atoms. The monoisotopic (exact) mass is 383 g/mol. The maximum absolute atomic E-state index is 7.00. The van der Waals surface area contributed by atoms with Gasteiger partial charge in [0, 0.05) is 0 Å². The van der Waals surface area contributed by atoms with E-state index in [1.54, 1.807) is 25.3 Å². The minimum absolute atomic E-state index is 0. The average Bonchev–Trinajstić information content (AvgIpc) is 2.03. The zero-order valence-corrected chi connectivity index (χ0v) is 10.8. The first kappa shape index (κ1) is 11.5. The summed E-state index contributed by atoms with van der Waals surface area (Å²) in [6, 6.07) is 6.26. The molecule has 0 aliphatic rings. The normalized spacial score (nSPS) is 9.42. The molecule has 0 aliphatic heterocycles. The second-order valence-electron chi connectivity index (χ2n) is 1.95. The van der Waals surface area contributed by atoms with E-state index in [1.165, 1.54) is 0 Å². The van der Waals surface area contributed by atoms with E-state index >= 15 is 0 Å². The Kier molecular flexibility index (Phi) is 5.87. The molecule has 0 bridgehead atoms. The third-order valence-corrected chi connectivity index (χ3v) is 0.921. The molecule has 1 aromatic heterocycles. The molecule has 0 spiro atoms. The Balaban J connectivity index is 0.00000121. The van der Waals surface area contributed by atoms with Gasteiger partial charge in [0.05, 0.1) is 0 Å². The summed E-state index contributed by atoms with van der Waals surface area (Å²) >= 11 is 0. The Morgan fingerprint density at radius 3 is 3.00 bits per heavy atom. The van der Waals surface area contributed by atoms with E-state index in [2.05, 4.69) is 22.3 Å². The minimum atomic E-state index is 0. The summed E-state index contributed by atoms with van der Waals surface area (Å²) in [5.74, 6) is 0.458. The van der Waals surface area contributed by atoms with Crippen LogP contribution in [-0.4, -0.2) is 16.9 Å². The predicted molar refractivity (Wildman–Crippen MR) is 43.6 cm³/mol. The molecule has 0 aliphatic carbocycles. The second kappa shape index (κ2) is 6.10. The summed E-state index contributed by atoms with van der Waals surface area (Å²) in [4.78, 5) is 7.63. The van der Waals surface area contributed by atoms with Crippen molar-refractivity contribution in [2.24, 2.45) is 4.99 Å². The van der Waals surface area contributed by atoms with Crippen LogP contribution >= 0.6 is 0 Å². The van der Waals surface area contributed by atoms with E-state index in [4.69, 9.17) is 5.41 Å². The fourth-order valence-corrected chi connectivity index (χ4v) is 0.515. The fourth-order valence-electron chi connectivity index (χ4n) is 0.515. The van der Waals surface area contributed by atoms with Crippen LogP contribution in [0.1, 0.15) is 6.92 Å². The van der Waals surface area contributed by atoms with Crippen LogP contribution in [0, 0.1) is 42.6 Å². The van der Waals surface area contributed by atoms with Gasteiger partial charge in [-0.25, -0.2) is 6.07 Å². The third kappa shape index (κ3) is 4.43. The van der Waals surface area contributed by atoms with Gasteiger partial charge in [0.15, 0.2) is 0 Å². The molecule has 0 fully saturated rings. The van der Waals surface area contributed by atoms with E-state index in [0.29, 0.717) is 5.82 Å². The number of pyridine rings is 1. The number of aliphatic imine (C=N–C) groups is 1. The van der Waals surface area contributed by atoms with Gasteiger partial charge in [-0.3, -0.25) is 0 Å². The number of hydrogen-bond donors (Lipinski definition) is 1. The van der Waals surface area contributed by atoms with Crippen LogP contribution in [0.2, 0.25) is 0 Å². The van der Waals surface area contributed by atoms with Crippen molar-refractivity contribution >= 4 is 17.7 Å². The fraction of sp³-hybridized carbons (Fsp3) is 0.125. The molecule has 4 heteroatoms. The van der Waals surface area contributed by atoms with Gasteiger partial charge in [-0.05, 0) is 12.6 Å². The smallest absolute Gasteiger partial charge is 0.451 e. The van der Waals surface area contributed by atoms with Crippen LogP contribution in [-0.2, 0) is 0 Å². The molecule has 0 saturated heterocycles. The number of nitrogens with one attached hydrogen (secondary N) is 1. The molecule has 1 rings (SSSR count). The molecule has 0 atom stereocenters. The molecular formula is C8H7N3U. The Hall–Kier alpha value is -0.458. The summed E-state index contributed by atoms with van der Waals surface area (Å²) < 4.78 is 0. The average molecular weight is 383 g/mol. The van der Waals surface area contributed by atoms with Crippen LogP contribution < -0.4 is 0 Å². The van der Waals surface area contributed by atoms with Gasteiger partial charge in [-0.2, -0.15) is 6.07 Å². The van der Waals surface area contributed by atoms with Gasteiger partial charge < -0.3 is 21.5 Å². The number of hydrogen-bond acceptors (Lipinski definition) is 3. The molecule has 3 nitrogen and oxygen atoms in total. The second-order valence-corrected chi connectivity index (χ2v) is 1.95. The Bertz CT molecular complexity index is 269. The summed E-state index contributed by atoms with van der Waals surface area (Å²) in [5.41, 5.74) is 0.282. The maximum Gasteiger partial charge on any atom is 2.00 e. The van der Waals surface area contributed by atoms with E-state index in [-0.39, 0.29) is 36.8 Å². The molecule has 0 aromatic carbocycles. The van der Waals surface area contributed by atoms with E-state index in [1.807, 2.05) is 0 Å². The SMILES string of the molecule is CC(=N)[C-]=Nc1[c-]cccn1.[U+2]. The summed E-state index contributed by atoms with van der Waals surface area (Å²) in [6.45, 7) is 1.60. The maximum atomic E-state index is 7.00. The molecule has 1 N–H and O–H groups in total. The Labute approximate surface area is 95.2 Å². The van der Waals surface area contributed by atoms with Crippen molar-refractivity contribution < 1.29 is 31.1 Å². The number of aromatic nitrogens is 1. The molecule has 0 radical (unpaired) electrons. The molecule has 1 heterocycles. The Morgan fingerprint density at radius 2 is 2.50 bits per heavy atom. The van der Waals surface area contributed by atoms with E-state index in [0.717, 1.165) is 0 Å². The zero-order chi connectivity index (χ0) is 8.10. The van der Waals surface area contributed by atoms with Gasteiger partial charge in [0.2, 0.25) is 0 Å². The standard InChI is InChI=1S/C8H7N3.U/c1-7(9)6-11-8-4-2-3-5-10-8;/h2-3,5,9H,1H3;/q-2;+2. The third-order valence-electron chi connectivity index (χ3n) is 0.921.